The van der Waals surface area contributed by atoms with Crippen molar-refractivity contribution in [3.05, 3.63) is 34.9 Å². The molecule has 1 atom stereocenters. The van der Waals surface area contributed by atoms with Gasteiger partial charge in [0, 0.05) is 10.7 Å². The van der Waals surface area contributed by atoms with E-state index in [9.17, 15) is 9.59 Å². The fraction of sp³-hybridized carbons (Fsp3) is 0.308. The molecule has 1 amide bonds. The molecule has 0 aliphatic carbocycles. The van der Waals surface area contributed by atoms with Crippen LogP contribution in [-0.4, -0.2) is 27.7 Å². The van der Waals surface area contributed by atoms with Crippen molar-refractivity contribution in [1.29, 1.82) is 0 Å². The van der Waals surface area contributed by atoms with E-state index in [1.165, 1.54) is 5.01 Å². The highest BCUT2D eigenvalue weighted by atomic mass is 35.5. The molecule has 19 heavy (non-hydrogen) atoms. The predicted molar refractivity (Wildman–Crippen MR) is 70.9 cm³/mol. The molecule has 100 valence electrons. The van der Waals surface area contributed by atoms with Gasteiger partial charge in [0.1, 0.15) is 0 Å². The molecular formula is C13H13ClN2O3. The normalized spacial score (nSPS) is 18.6. The number of amides is 1. The molecule has 1 aliphatic heterocycles. The van der Waals surface area contributed by atoms with Gasteiger partial charge in [0.15, 0.2) is 0 Å². The highest BCUT2D eigenvalue weighted by Gasteiger charge is 2.34. The van der Waals surface area contributed by atoms with Crippen LogP contribution in [0.4, 0.5) is 0 Å². The lowest BCUT2D eigenvalue weighted by atomic mass is 10.0. The number of carbonyl (C=O) groups is 2. The molecule has 1 heterocycles. The third-order valence-electron chi connectivity index (χ3n) is 2.96. The van der Waals surface area contributed by atoms with Gasteiger partial charge in [-0.05, 0) is 24.6 Å². The Balaban J connectivity index is 2.08. The van der Waals surface area contributed by atoms with E-state index in [1.54, 1.807) is 19.1 Å². The lowest BCUT2D eigenvalue weighted by Crippen LogP contribution is -2.28. The highest BCUT2D eigenvalue weighted by molar-refractivity contribution is 6.30. The molecule has 1 aromatic rings. The van der Waals surface area contributed by atoms with Crippen LogP contribution in [0.3, 0.4) is 0 Å². The lowest BCUT2D eigenvalue weighted by Gasteiger charge is -2.13. The molecule has 0 radical (unpaired) electrons. The number of benzene rings is 1. The Kier molecular flexibility index (Phi) is 3.85. The van der Waals surface area contributed by atoms with Gasteiger partial charge >= 0.3 is 5.97 Å². The molecule has 1 N–H and O–H groups in total. The van der Waals surface area contributed by atoms with Crippen LogP contribution in [0.25, 0.3) is 0 Å². The topological polar surface area (TPSA) is 70.0 Å². The molecule has 0 fully saturated rings. The minimum Gasteiger partial charge on any atom is -0.481 e. The monoisotopic (exact) mass is 280 g/mol. The summed E-state index contributed by atoms with van der Waals surface area (Å²) in [5.41, 5.74) is 1.44. The van der Waals surface area contributed by atoms with Crippen molar-refractivity contribution in [3.8, 4) is 0 Å². The molecule has 1 unspecified atom stereocenters. The van der Waals surface area contributed by atoms with Gasteiger partial charge in [-0.1, -0.05) is 23.7 Å². The number of halogens is 1. The largest absolute Gasteiger partial charge is 0.481 e. The third-order valence-corrected chi connectivity index (χ3v) is 3.21. The molecule has 1 aromatic carbocycles. The molecule has 6 heteroatoms. The van der Waals surface area contributed by atoms with Gasteiger partial charge in [0.25, 0.3) is 5.91 Å². The number of aliphatic carboxylic acids is 1. The van der Waals surface area contributed by atoms with E-state index < -0.39 is 11.9 Å². The Labute approximate surface area is 115 Å². The van der Waals surface area contributed by atoms with Crippen LogP contribution in [0.1, 0.15) is 18.9 Å². The number of carboxylic acid groups (broad SMARTS) is 1. The zero-order valence-corrected chi connectivity index (χ0v) is 11.1. The minimum atomic E-state index is -0.999. The van der Waals surface area contributed by atoms with Gasteiger partial charge in [-0.2, -0.15) is 5.10 Å². The first-order valence-electron chi connectivity index (χ1n) is 5.80. The number of hydrogen-bond acceptors (Lipinski definition) is 3. The smallest absolute Gasteiger partial charge is 0.304 e. The van der Waals surface area contributed by atoms with Crippen LogP contribution in [0.5, 0.6) is 0 Å². The standard InChI is InChI=1S/C13H13ClN2O3/c1-8-11(6-12(17)18)13(19)16(15-8)7-9-2-4-10(14)5-3-9/h2-5,11H,6-7H2,1H3,(H,17,18). The van der Waals surface area contributed by atoms with E-state index in [1.807, 2.05) is 12.1 Å². The summed E-state index contributed by atoms with van der Waals surface area (Å²) in [6.45, 7) is 2.00. The molecule has 0 bridgehead atoms. The van der Waals surface area contributed by atoms with Crippen molar-refractivity contribution in [2.24, 2.45) is 11.0 Å². The Hall–Kier alpha value is -1.88. The summed E-state index contributed by atoms with van der Waals surface area (Å²) < 4.78 is 0. The van der Waals surface area contributed by atoms with E-state index in [-0.39, 0.29) is 12.3 Å². The van der Waals surface area contributed by atoms with Gasteiger partial charge in [-0.3, -0.25) is 9.59 Å². The molecule has 2 rings (SSSR count). The van der Waals surface area contributed by atoms with Gasteiger partial charge in [-0.15, -0.1) is 0 Å². The second kappa shape index (κ2) is 5.40. The van der Waals surface area contributed by atoms with Crippen molar-refractivity contribution in [2.45, 2.75) is 19.9 Å². The first-order chi connectivity index (χ1) is 8.97. The zero-order chi connectivity index (χ0) is 14.0. The van der Waals surface area contributed by atoms with E-state index >= 15 is 0 Å². The van der Waals surface area contributed by atoms with E-state index in [2.05, 4.69) is 5.10 Å². The second-order valence-electron chi connectivity index (χ2n) is 4.41. The number of carboxylic acids is 1. The van der Waals surface area contributed by atoms with Crippen LogP contribution in [-0.2, 0) is 16.1 Å². The predicted octanol–water partition coefficient (Wildman–Crippen LogP) is 2.15. The van der Waals surface area contributed by atoms with E-state index in [4.69, 9.17) is 16.7 Å². The summed E-state index contributed by atoms with van der Waals surface area (Å²) in [6.07, 6.45) is -0.217. The summed E-state index contributed by atoms with van der Waals surface area (Å²) >= 11 is 5.79. The van der Waals surface area contributed by atoms with Crippen molar-refractivity contribution in [3.63, 3.8) is 0 Å². The van der Waals surface area contributed by atoms with Gasteiger partial charge in [0.05, 0.1) is 18.9 Å². The molecule has 0 spiro atoms. The van der Waals surface area contributed by atoms with Gasteiger partial charge in [0.2, 0.25) is 0 Å². The van der Waals surface area contributed by atoms with Crippen LogP contribution in [0.2, 0.25) is 5.02 Å². The average molecular weight is 281 g/mol. The van der Waals surface area contributed by atoms with Crippen LogP contribution in [0.15, 0.2) is 29.4 Å². The molecule has 0 saturated heterocycles. The minimum absolute atomic E-state index is 0.217. The highest BCUT2D eigenvalue weighted by Crippen LogP contribution is 2.21. The molecule has 5 nitrogen and oxygen atoms in total. The zero-order valence-electron chi connectivity index (χ0n) is 10.3. The first kappa shape index (κ1) is 13.5. The summed E-state index contributed by atoms with van der Waals surface area (Å²) in [5, 5.41) is 14.8. The average Bonchev–Trinajstić information content (AvgIpc) is 2.60. The Morgan fingerprint density at radius 2 is 2.05 bits per heavy atom. The number of hydrazone groups is 1. The maximum absolute atomic E-state index is 12.0. The lowest BCUT2D eigenvalue weighted by molar-refractivity contribution is -0.142. The van der Waals surface area contributed by atoms with E-state index in [0.29, 0.717) is 17.3 Å². The number of carbonyl (C=O) groups excluding carboxylic acids is 1. The number of hydrogen-bond donors (Lipinski definition) is 1. The second-order valence-corrected chi connectivity index (χ2v) is 4.85. The quantitative estimate of drug-likeness (QED) is 0.919. The van der Waals surface area contributed by atoms with Crippen LogP contribution in [0, 0.1) is 5.92 Å². The van der Waals surface area contributed by atoms with Gasteiger partial charge < -0.3 is 5.11 Å². The van der Waals surface area contributed by atoms with Crippen LogP contribution < -0.4 is 0 Å². The number of rotatable bonds is 4. The molecule has 0 saturated carbocycles. The Morgan fingerprint density at radius 3 is 2.63 bits per heavy atom. The van der Waals surface area contributed by atoms with Crippen molar-refractivity contribution in [1.82, 2.24) is 5.01 Å². The summed E-state index contributed by atoms with van der Waals surface area (Å²) in [4.78, 5) is 22.8. The van der Waals surface area contributed by atoms with E-state index in [0.717, 1.165) is 5.56 Å². The Morgan fingerprint density at radius 1 is 1.42 bits per heavy atom. The van der Waals surface area contributed by atoms with Crippen molar-refractivity contribution in [2.75, 3.05) is 0 Å². The number of nitrogens with zero attached hydrogens (tertiary/aromatic N) is 2. The first-order valence-corrected chi connectivity index (χ1v) is 6.18. The van der Waals surface area contributed by atoms with Crippen molar-refractivity contribution >= 4 is 29.2 Å². The molecular weight excluding hydrogens is 268 g/mol. The fourth-order valence-electron chi connectivity index (χ4n) is 1.95. The summed E-state index contributed by atoms with van der Waals surface area (Å²) in [6, 6.07) is 7.10. The summed E-state index contributed by atoms with van der Waals surface area (Å²) in [7, 11) is 0. The van der Waals surface area contributed by atoms with Crippen LogP contribution >= 0.6 is 11.6 Å². The van der Waals surface area contributed by atoms with Crippen molar-refractivity contribution < 1.29 is 14.7 Å². The Bertz CT molecular complexity index is 539. The third kappa shape index (κ3) is 3.12. The maximum Gasteiger partial charge on any atom is 0.304 e. The van der Waals surface area contributed by atoms with Gasteiger partial charge in [-0.25, -0.2) is 5.01 Å². The summed E-state index contributed by atoms with van der Waals surface area (Å²) in [5.74, 6) is -1.92. The molecule has 0 aromatic heterocycles. The fourth-order valence-corrected chi connectivity index (χ4v) is 2.08. The molecule has 1 aliphatic rings. The maximum atomic E-state index is 12.0. The SMILES string of the molecule is CC1=NN(Cc2ccc(Cl)cc2)C(=O)C1CC(=O)O.